The molecule has 0 unspecified atom stereocenters. The highest BCUT2D eigenvalue weighted by molar-refractivity contribution is 9.10. The summed E-state index contributed by atoms with van der Waals surface area (Å²) in [6, 6.07) is 5.71. The number of halogens is 3. The van der Waals surface area contributed by atoms with Gasteiger partial charge in [-0.1, -0.05) is 40.9 Å². The van der Waals surface area contributed by atoms with E-state index in [1.807, 2.05) is 18.2 Å². The normalized spacial score (nSPS) is 10.7. The first-order valence-electron chi connectivity index (χ1n) is 6.12. The monoisotopic (exact) mass is 418 g/mol. The molecule has 0 atom stereocenters. The number of ether oxygens (including phenoxy) is 1. The van der Waals surface area contributed by atoms with E-state index in [2.05, 4.69) is 48.8 Å². The Morgan fingerprint density at radius 3 is 2.65 bits per heavy atom. The molecule has 3 nitrogen and oxygen atoms in total. The molecular formula is C14H13Br2ClN2O. The molecule has 20 heavy (non-hydrogen) atoms. The molecule has 0 saturated heterocycles. The fourth-order valence-electron chi connectivity index (χ4n) is 1.84. The van der Waals surface area contributed by atoms with Crippen LogP contribution in [0.3, 0.4) is 0 Å². The Kier molecular flexibility index (Phi) is 5.41. The molecule has 0 bridgehead atoms. The lowest BCUT2D eigenvalue weighted by atomic mass is 10.1. The van der Waals surface area contributed by atoms with Gasteiger partial charge in [-0.3, -0.25) is 0 Å². The van der Waals surface area contributed by atoms with Crippen LogP contribution in [0.25, 0.3) is 11.4 Å². The van der Waals surface area contributed by atoms with Crippen LogP contribution in [0.2, 0.25) is 5.15 Å². The van der Waals surface area contributed by atoms with Crippen molar-refractivity contribution in [2.75, 3.05) is 7.11 Å². The van der Waals surface area contributed by atoms with Gasteiger partial charge in [-0.2, -0.15) is 0 Å². The molecule has 2 aromatic rings. The Morgan fingerprint density at radius 1 is 1.25 bits per heavy atom. The van der Waals surface area contributed by atoms with Crippen LogP contribution < -0.4 is 4.74 Å². The lowest BCUT2D eigenvalue weighted by Crippen LogP contribution is -2.00. The highest BCUT2D eigenvalue weighted by atomic mass is 79.9. The predicted molar refractivity (Wildman–Crippen MR) is 88.4 cm³/mol. The second-order valence-corrected chi connectivity index (χ2v) is 6.26. The number of aromatic nitrogens is 2. The van der Waals surface area contributed by atoms with E-state index in [-0.39, 0.29) is 0 Å². The number of aryl methyl sites for hydroxylation is 1. The fourth-order valence-corrected chi connectivity index (χ4v) is 2.77. The Hall–Kier alpha value is -0.650. The van der Waals surface area contributed by atoms with Crippen molar-refractivity contribution in [3.63, 3.8) is 0 Å². The minimum absolute atomic E-state index is 0.417. The first kappa shape index (κ1) is 15.7. The van der Waals surface area contributed by atoms with Crippen LogP contribution in [-0.4, -0.2) is 17.1 Å². The third kappa shape index (κ3) is 3.32. The van der Waals surface area contributed by atoms with Crippen molar-refractivity contribution in [3.8, 4) is 17.1 Å². The van der Waals surface area contributed by atoms with Gasteiger partial charge in [0.1, 0.15) is 10.9 Å². The summed E-state index contributed by atoms with van der Waals surface area (Å²) in [5, 5.41) is 0.417. The summed E-state index contributed by atoms with van der Waals surface area (Å²) in [6.07, 6.45) is 1.83. The maximum absolute atomic E-state index is 6.19. The van der Waals surface area contributed by atoms with Crippen LogP contribution in [0.4, 0.5) is 0 Å². The van der Waals surface area contributed by atoms with Gasteiger partial charge in [0, 0.05) is 4.47 Å². The molecule has 0 spiro atoms. The molecular weight excluding hydrogens is 407 g/mol. The van der Waals surface area contributed by atoms with Gasteiger partial charge >= 0.3 is 0 Å². The molecule has 0 aliphatic heterocycles. The summed E-state index contributed by atoms with van der Waals surface area (Å²) in [5.74, 6) is 1.29. The van der Waals surface area contributed by atoms with Gasteiger partial charge in [-0.05, 0) is 40.5 Å². The maximum atomic E-state index is 6.19. The van der Waals surface area contributed by atoms with Crippen molar-refractivity contribution >= 4 is 43.5 Å². The molecule has 0 aliphatic carbocycles. The van der Waals surface area contributed by atoms with Crippen molar-refractivity contribution in [2.24, 2.45) is 0 Å². The number of nitrogens with zero attached hydrogens (tertiary/aromatic N) is 2. The first-order valence-corrected chi connectivity index (χ1v) is 8.09. The summed E-state index contributed by atoms with van der Waals surface area (Å²) >= 11 is 13.1. The fraction of sp³-hybridized carbons (Fsp3) is 0.286. The van der Waals surface area contributed by atoms with Crippen LogP contribution in [0.15, 0.2) is 27.1 Å². The molecule has 0 amide bonds. The zero-order valence-corrected chi connectivity index (χ0v) is 15.0. The van der Waals surface area contributed by atoms with E-state index >= 15 is 0 Å². The zero-order chi connectivity index (χ0) is 14.7. The van der Waals surface area contributed by atoms with Crippen LogP contribution in [0.1, 0.15) is 19.0 Å². The first-order chi connectivity index (χ1) is 9.56. The van der Waals surface area contributed by atoms with E-state index in [1.165, 1.54) is 0 Å². The van der Waals surface area contributed by atoms with Gasteiger partial charge in [-0.15, -0.1) is 0 Å². The minimum Gasteiger partial charge on any atom is -0.496 e. The van der Waals surface area contributed by atoms with Gasteiger partial charge in [0.15, 0.2) is 5.82 Å². The van der Waals surface area contributed by atoms with Crippen LogP contribution in [0.5, 0.6) is 5.75 Å². The van der Waals surface area contributed by atoms with Gasteiger partial charge in [0.2, 0.25) is 0 Å². The van der Waals surface area contributed by atoms with E-state index in [4.69, 9.17) is 16.3 Å². The standard InChI is InChI=1S/C14H13Br2ClN2O/c1-3-4-10-12(16)13(17)19-14(18-10)9-7-8(15)5-6-11(9)20-2/h5-7H,3-4H2,1-2H3. The number of rotatable bonds is 4. The number of hydrogen-bond donors (Lipinski definition) is 0. The number of methoxy groups -OCH3 is 1. The van der Waals surface area contributed by atoms with E-state index in [0.29, 0.717) is 16.7 Å². The van der Waals surface area contributed by atoms with Crippen molar-refractivity contribution < 1.29 is 4.74 Å². The van der Waals surface area contributed by atoms with E-state index in [1.54, 1.807) is 7.11 Å². The molecule has 106 valence electrons. The summed E-state index contributed by atoms with van der Waals surface area (Å²) in [5.41, 5.74) is 1.72. The van der Waals surface area contributed by atoms with E-state index in [9.17, 15) is 0 Å². The van der Waals surface area contributed by atoms with E-state index < -0.39 is 0 Å². The number of benzene rings is 1. The van der Waals surface area contributed by atoms with Gasteiger partial charge in [-0.25, -0.2) is 9.97 Å². The van der Waals surface area contributed by atoms with Crippen molar-refractivity contribution in [3.05, 3.63) is 38.0 Å². The average Bonchev–Trinajstić information content (AvgIpc) is 2.43. The smallest absolute Gasteiger partial charge is 0.164 e. The van der Waals surface area contributed by atoms with Gasteiger partial charge < -0.3 is 4.74 Å². The van der Waals surface area contributed by atoms with Gasteiger partial charge in [0.25, 0.3) is 0 Å². The van der Waals surface area contributed by atoms with Crippen LogP contribution >= 0.6 is 43.5 Å². The molecule has 0 aliphatic rings. The van der Waals surface area contributed by atoms with E-state index in [0.717, 1.165) is 33.0 Å². The van der Waals surface area contributed by atoms with Crippen molar-refractivity contribution in [1.82, 2.24) is 9.97 Å². The lowest BCUT2D eigenvalue weighted by Gasteiger charge is -2.11. The largest absolute Gasteiger partial charge is 0.496 e. The Balaban J connectivity index is 2.60. The maximum Gasteiger partial charge on any atom is 0.164 e. The summed E-state index contributed by atoms with van der Waals surface area (Å²) < 4.78 is 7.07. The average molecular weight is 421 g/mol. The second-order valence-electron chi connectivity index (χ2n) is 4.19. The summed E-state index contributed by atoms with van der Waals surface area (Å²) in [7, 11) is 1.63. The molecule has 0 saturated carbocycles. The Labute approximate surface area is 140 Å². The highest BCUT2D eigenvalue weighted by Gasteiger charge is 2.15. The third-order valence-corrected chi connectivity index (χ3v) is 4.60. The molecule has 1 heterocycles. The number of hydrogen-bond acceptors (Lipinski definition) is 3. The second kappa shape index (κ2) is 6.87. The molecule has 0 N–H and O–H groups in total. The minimum atomic E-state index is 0.417. The lowest BCUT2D eigenvalue weighted by molar-refractivity contribution is 0.416. The van der Waals surface area contributed by atoms with Gasteiger partial charge in [0.05, 0.1) is 22.8 Å². The summed E-state index contributed by atoms with van der Waals surface area (Å²) in [6.45, 7) is 2.10. The quantitative estimate of drug-likeness (QED) is 0.631. The molecule has 2 rings (SSSR count). The molecule has 0 fully saturated rings. The van der Waals surface area contributed by atoms with Crippen molar-refractivity contribution in [1.29, 1.82) is 0 Å². The Bertz CT molecular complexity index is 635. The third-order valence-electron chi connectivity index (χ3n) is 2.77. The van der Waals surface area contributed by atoms with Crippen LogP contribution in [-0.2, 0) is 6.42 Å². The molecule has 1 aromatic carbocycles. The molecule has 6 heteroatoms. The van der Waals surface area contributed by atoms with Crippen molar-refractivity contribution in [2.45, 2.75) is 19.8 Å². The SMILES string of the molecule is CCCc1nc(-c2cc(Br)ccc2OC)nc(Cl)c1Br. The Morgan fingerprint density at radius 2 is 2.00 bits per heavy atom. The summed E-state index contributed by atoms with van der Waals surface area (Å²) in [4.78, 5) is 8.94. The molecule has 0 radical (unpaired) electrons. The predicted octanol–water partition coefficient (Wildman–Crippen LogP) is 5.28. The topological polar surface area (TPSA) is 35.0 Å². The zero-order valence-electron chi connectivity index (χ0n) is 11.1. The highest BCUT2D eigenvalue weighted by Crippen LogP contribution is 2.33. The molecule has 1 aromatic heterocycles. The van der Waals surface area contributed by atoms with Crippen LogP contribution in [0, 0.1) is 0 Å².